The number of anilines is 1. The van der Waals surface area contributed by atoms with Crippen LogP contribution in [0.1, 0.15) is 19.8 Å². The number of carbonyl (C=O) groups excluding carboxylic acids is 1. The van der Waals surface area contributed by atoms with Gasteiger partial charge in [0, 0.05) is 5.69 Å². The van der Waals surface area contributed by atoms with Crippen molar-refractivity contribution >= 4 is 29.3 Å². The molecule has 1 aromatic rings. The molecule has 0 heterocycles. The van der Waals surface area contributed by atoms with Gasteiger partial charge in [-0.05, 0) is 43.9 Å². The Morgan fingerprint density at radius 1 is 1.45 bits per heavy atom. The molecule has 1 aliphatic rings. The molecule has 0 spiro atoms. The normalized spacial score (nSPS) is 17.1. The molecule has 1 atom stereocenters. The molecular formula is C13H14ClFN2O3. The van der Waals surface area contributed by atoms with Crippen molar-refractivity contribution < 1.29 is 19.1 Å². The molecule has 1 aromatic carbocycles. The quantitative estimate of drug-likeness (QED) is 0.800. The summed E-state index contributed by atoms with van der Waals surface area (Å²) in [5.74, 6) is -1.74. The van der Waals surface area contributed by atoms with E-state index in [1.807, 2.05) is 0 Å². The van der Waals surface area contributed by atoms with Crippen LogP contribution in [0.15, 0.2) is 18.2 Å². The molecule has 0 aromatic heterocycles. The number of urea groups is 1. The van der Waals surface area contributed by atoms with Gasteiger partial charge in [-0.3, -0.25) is 0 Å². The minimum Gasteiger partial charge on any atom is -0.480 e. The van der Waals surface area contributed by atoms with Crippen LogP contribution in [0.5, 0.6) is 0 Å². The summed E-state index contributed by atoms with van der Waals surface area (Å²) in [5.41, 5.74) is -1.01. The SMILES string of the molecule is CC(NC(=O)Nc1ccc(F)c(Cl)c1)(C(=O)O)C1CC1. The zero-order valence-electron chi connectivity index (χ0n) is 10.7. The van der Waals surface area contributed by atoms with Crippen LogP contribution in [0.25, 0.3) is 0 Å². The molecule has 1 unspecified atom stereocenters. The van der Waals surface area contributed by atoms with E-state index in [1.165, 1.54) is 19.1 Å². The summed E-state index contributed by atoms with van der Waals surface area (Å²) < 4.78 is 13.0. The minimum absolute atomic E-state index is 0.0671. The van der Waals surface area contributed by atoms with E-state index in [-0.39, 0.29) is 16.6 Å². The van der Waals surface area contributed by atoms with Crippen molar-refractivity contribution in [1.29, 1.82) is 0 Å². The summed E-state index contributed by atoms with van der Waals surface area (Å²) in [6, 6.07) is 3.06. The van der Waals surface area contributed by atoms with Gasteiger partial charge in [0.05, 0.1) is 5.02 Å². The number of benzene rings is 1. The molecule has 2 amide bonds. The van der Waals surface area contributed by atoms with Crippen LogP contribution in [0.4, 0.5) is 14.9 Å². The first-order chi connectivity index (χ1) is 9.33. The third kappa shape index (κ3) is 3.01. The first-order valence-electron chi connectivity index (χ1n) is 6.10. The van der Waals surface area contributed by atoms with Crippen LogP contribution in [0.2, 0.25) is 5.02 Å². The van der Waals surface area contributed by atoms with E-state index in [1.54, 1.807) is 0 Å². The van der Waals surface area contributed by atoms with Gasteiger partial charge in [0.2, 0.25) is 0 Å². The summed E-state index contributed by atoms with van der Waals surface area (Å²) >= 11 is 5.60. The van der Waals surface area contributed by atoms with E-state index in [0.717, 1.165) is 18.9 Å². The topological polar surface area (TPSA) is 78.4 Å². The summed E-state index contributed by atoms with van der Waals surface area (Å²) in [5, 5.41) is 14.0. The maximum Gasteiger partial charge on any atom is 0.329 e. The van der Waals surface area contributed by atoms with E-state index < -0.39 is 23.4 Å². The van der Waals surface area contributed by atoms with E-state index in [4.69, 9.17) is 11.6 Å². The fourth-order valence-corrected chi connectivity index (χ4v) is 2.14. The lowest BCUT2D eigenvalue weighted by atomic mass is 9.96. The predicted octanol–water partition coefficient (Wildman–Crippen LogP) is 2.85. The second-order valence-corrected chi connectivity index (χ2v) is 5.40. The van der Waals surface area contributed by atoms with Crippen LogP contribution >= 0.6 is 11.6 Å². The van der Waals surface area contributed by atoms with E-state index in [2.05, 4.69) is 10.6 Å². The minimum atomic E-state index is -1.30. The molecular weight excluding hydrogens is 287 g/mol. The maximum atomic E-state index is 13.0. The zero-order chi connectivity index (χ0) is 14.9. The lowest BCUT2D eigenvalue weighted by Gasteiger charge is -2.26. The van der Waals surface area contributed by atoms with Gasteiger partial charge in [-0.2, -0.15) is 0 Å². The van der Waals surface area contributed by atoms with Crippen LogP contribution < -0.4 is 10.6 Å². The van der Waals surface area contributed by atoms with Gasteiger partial charge in [0.1, 0.15) is 11.4 Å². The fraction of sp³-hybridized carbons (Fsp3) is 0.385. The van der Waals surface area contributed by atoms with Crippen molar-refractivity contribution in [3.05, 3.63) is 29.0 Å². The van der Waals surface area contributed by atoms with Gasteiger partial charge in [-0.25, -0.2) is 14.0 Å². The second kappa shape index (κ2) is 5.28. The van der Waals surface area contributed by atoms with Gasteiger partial charge in [0.15, 0.2) is 0 Å². The largest absolute Gasteiger partial charge is 0.480 e. The molecule has 108 valence electrons. The Hall–Kier alpha value is -1.82. The highest BCUT2D eigenvalue weighted by atomic mass is 35.5. The highest BCUT2D eigenvalue weighted by molar-refractivity contribution is 6.31. The Labute approximate surface area is 120 Å². The standard InChI is InChI=1S/C13H14ClFN2O3/c1-13(11(18)19,7-2-3-7)17-12(20)16-8-4-5-10(15)9(14)6-8/h4-7H,2-3H2,1H3,(H,18,19)(H2,16,17,20). The van der Waals surface area contributed by atoms with Crippen molar-refractivity contribution in [3.63, 3.8) is 0 Å². The van der Waals surface area contributed by atoms with Crippen LogP contribution in [0.3, 0.4) is 0 Å². The second-order valence-electron chi connectivity index (χ2n) is 4.99. The smallest absolute Gasteiger partial charge is 0.329 e. The molecule has 1 fully saturated rings. The van der Waals surface area contributed by atoms with E-state index >= 15 is 0 Å². The van der Waals surface area contributed by atoms with Crippen molar-refractivity contribution in [2.24, 2.45) is 5.92 Å². The van der Waals surface area contributed by atoms with Crippen molar-refractivity contribution in [1.82, 2.24) is 5.32 Å². The summed E-state index contributed by atoms with van der Waals surface area (Å²) in [6.45, 7) is 1.48. The number of carboxylic acids is 1. The van der Waals surface area contributed by atoms with Gasteiger partial charge in [-0.1, -0.05) is 11.6 Å². The number of nitrogens with one attached hydrogen (secondary N) is 2. The lowest BCUT2D eigenvalue weighted by molar-refractivity contribution is -0.144. The molecule has 0 saturated heterocycles. The number of carboxylic acid groups (broad SMARTS) is 1. The summed E-state index contributed by atoms with van der Waals surface area (Å²) in [4.78, 5) is 23.1. The van der Waals surface area contributed by atoms with Gasteiger partial charge >= 0.3 is 12.0 Å². The summed E-state index contributed by atoms with van der Waals surface area (Å²) in [7, 11) is 0. The number of carbonyl (C=O) groups is 2. The fourth-order valence-electron chi connectivity index (χ4n) is 1.96. The number of hydrogen-bond donors (Lipinski definition) is 3. The Balaban J connectivity index is 2.04. The van der Waals surface area contributed by atoms with E-state index in [9.17, 15) is 19.1 Å². The molecule has 5 nitrogen and oxygen atoms in total. The average Bonchev–Trinajstić information content (AvgIpc) is 3.17. The molecule has 0 radical (unpaired) electrons. The third-order valence-corrected chi connectivity index (χ3v) is 3.68. The van der Waals surface area contributed by atoms with Crippen LogP contribution in [-0.4, -0.2) is 22.6 Å². The Morgan fingerprint density at radius 3 is 2.60 bits per heavy atom. The van der Waals surface area contributed by atoms with Gasteiger partial charge < -0.3 is 15.7 Å². The highest BCUT2D eigenvalue weighted by Crippen LogP contribution is 2.39. The number of hydrogen-bond acceptors (Lipinski definition) is 2. The van der Waals surface area contributed by atoms with Crippen molar-refractivity contribution in [3.8, 4) is 0 Å². The maximum absolute atomic E-state index is 13.0. The first kappa shape index (κ1) is 14.6. The van der Waals surface area contributed by atoms with Crippen LogP contribution in [-0.2, 0) is 4.79 Å². The summed E-state index contributed by atoms with van der Waals surface area (Å²) in [6.07, 6.45) is 1.54. The zero-order valence-corrected chi connectivity index (χ0v) is 11.5. The monoisotopic (exact) mass is 300 g/mol. The van der Waals surface area contributed by atoms with Crippen LogP contribution in [0, 0.1) is 11.7 Å². The van der Waals surface area contributed by atoms with Crippen molar-refractivity contribution in [2.45, 2.75) is 25.3 Å². The van der Waals surface area contributed by atoms with E-state index in [0.29, 0.717) is 0 Å². The molecule has 2 rings (SSSR count). The van der Waals surface area contributed by atoms with Gasteiger partial charge in [0.25, 0.3) is 0 Å². The molecule has 20 heavy (non-hydrogen) atoms. The average molecular weight is 301 g/mol. The molecule has 0 aliphatic heterocycles. The molecule has 7 heteroatoms. The van der Waals surface area contributed by atoms with Crippen molar-refractivity contribution in [2.75, 3.05) is 5.32 Å². The lowest BCUT2D eigenvalue weighted by Crippen LogP contribution is -2.55. The Kier molecular flexibility index (Phi) is 3.85. The first-order valence-corrected chi connectivity index (χ1v) is 6.48. The predicted molar refractivity (Wildman–Crippen MR) is 72.3 cm³/mol. The molecule has 1 aliphatic carbocycles. The number of halogens is 2. The number of amides is 2. The molecule has 0 bridgehead atoms. The Morgan fingerprint density at radius 2 is 2.10 bits per heavy atom. The molecule has 1 saturated carbocycles. The third-order valence-electron chi connectivity index (χ3n) is 3.39. The number of rotatable bonds is 4. The van der Waals surface area contributed by atoms with Gasteiger partial charge in [-0.15, -0.1) is 0 Å². The highest BCUT2D eigenvalue weighted by Gasteiger charge is 2.48. The Bertz CT molecular complexity index is 563. The molecule has 3 N–H and O–H groups in total. The number of aliphatic carboxylic acids is 1.